The number of aromatic amines is 1. The van der Waals surface area contributed by atoms with Crippen molar-refractivity contribution in [2.75, 3.05) is 6.61 Å². The van der Waals surface area contributed by atoms with Crippen molar-refractivity contribution in [1.29, 1.82) is 0 Å². The van der Waals surface area contributed by atoms with Crippen LogP contribution in [0, 0.1) is 0 Å². The van der Waals surface area contributed by atoms with Crippen LogP contribution >= 0.6 is 15.9 Å². The van der Waals surface area contributed by atoms with Gasteiger partial charge in [0.25, 0.3) is 5.56 Å². The lowest BCUT2D eigenvalue weighted by molar-refractivity contribution is -0.153. The summed E-state index contributed by atoms with van der Waals surface area (Å²) < 4.78 is 16.9. The number of ether oxygens (including phenoxy) is 3. The van der Waals surface area contributed by atoms with E-state index in [0.29, 0.717) is 0 Å². The Hall–Kier alpha value is -1.94. The van der Waals surface area contributed by atoms with E-state index in [-0.39, 0.29) is 6.61 Å². The molecule has 0 aliphatic carbocycles. The van der Waals surface area contributed by atoms with Crippen molar-refractivity contribution in [3.05, 3.63) is 33.1 Å². The van der Waals surface area contributed by atoms with Gasteiger partial charge in [-0.1, -0.05) is 15.9 Å². The van der Waals surface area contributed by atoms with Crippen molar-refractivity contribution in [1.82, 2.24) is 9.55 Å². The number of nitrogens with one attached hydrogen (secondary N) is 1. The van der Waals surface area contributed by atoms with E-state index < -0.39 is 46.5 Å². The topological polar surface area (TPSA) is 117 Å². The number of halogens is 1. The monoisotopic (exact) mass is 390 g/mol. The summed E-state index contributed by atoms with van der Waals surface area (Å²) in [4.78, 5) is 46.9. The summed E-state index contributed by atoms with van der Waals surface area (Å²) in [7, 11) is 0. The number of carbonyl (C=O) groups excluding carboxylic acids is 2. The highest BCUT2D eigenvalue weighted by Gasteiger charge is 2.47. The van der Waals surface area contributed by atoms with Crippen LogP contribution in [0.25, 0.3) is 0 Å². The summed E-state index contributed by atoms with van der Waals surface area (Å²) in [6, 6.07) is 1.15. The molecule has 0 unspecified atom stereocenters. The van der Waals surface area contributed by atoms with Crippen LogP contribution in [-0.4, -0.2) is 45.1 Å². The molecule has 1 saturated heterocycles. The number of esters is 2. The molecule has 1 aromatic heterocycles. The number of carbonyl (C=O) groups is 2. The second kappa shape index (κ2) is 7.09. The van der Waals surface area contributed by atoms with Crippen molar-refractivity contribution < 1.29 is 23.8 Å². The molecule has 126 valence electrons. The average Bonchev–Trinajstić information content (AvgIpc) is 2.73. The number of hydrogen-bond acceptors (Lipinski definition) is 7. The van der Waals surface area contributed by atoms with Crippen LogP contribution in [0.4, 0.5) is 0 Å². The minimum Gasteiger partial charge on any atom is -0.463 e. The Labute approximate surface area is 138 Å². The Morgan fingerprint density at radius 2 is 2.04 bits per heavy atom. The lowest BCUT2D eigenvalue weighted by Crippen LogP contribution is -2.38. The first-order valence-corrected chi connectivity index (χ1v) is 7.62. The van der Waals surface area contributed by atoms with Crippen molar-refractivity contribution in [3.8, 4) is 0 Å². The summed E-state index contributed by atoms with van der Waals surface area (Å²) in [5.74, 6) is -1.04. The highest BCUT2D eigenvalue weighted by atomic mass is 79.9. The number of aromatic nitrogens is 2. The second-order valence-corrected chi connectivity index (χ2v) is 5.96. The lowest BCUT2D eigenvalue weighted by atomic mass is 10.2. The number of rotatable bonds is 4. The highest BCUT2D eigenvalue weighted by molar-refractivity contribution is 9.09. The van der Waals surface area contributed by atoms with Crippen LogP contribution in [0.15, 0.2) is 21.9 Å². The predicted octanol–water partition coefficient (Wildman–Crippen LogP) is -0.308. The molecule has 1 aliphatic heterocycles. The molecule has 0 radical (unpaired) electrons. The minimum absolute atomic E-state index is 0.0718. The largest absolute Gasteiger partial charge is 0.463 e. The maximum absolute atomic E-state index is 11.9. The van der Waals surface area contributed by atoms with Crippen molar-refractivity contribution >= 4 is 27.9 Å². The van der Waals surface area contributed by atoms with E-state index in [1.807, 2.05) is 0 Å². The quantitative estimate of drug-likeness (QED) is 0.553. The smallest absolute Gasteiger partial charge is 0.330 e. The van der Waals surface area contributed by atoms with E-state index in [1.54, 1.807) is 0 Å². The van der Waals surface area contributed by atoms with Gasteiger partial charge in [0, 0.05) is 26.1 Å². The van der Waals surface area contributed by atoms with Gasteiger partial charge in [0.05, 0.1) is 4.83 Å². The van der Waals surface area contributed by atoms with Gasteiger partial charge in [-0.3, -0.25) is 23.9 Å². The van der Waals surface area contributed by atoms with Gasteiger partial charge in [-0.25, -0.2) is 4.79 Å². The molecule has 1 aromatic rings. The van der Waals surface area contributed by atoms with Gasteiger partial charge < -0.3 is 14.2 Å². The van der Waals surface area contributed by atoms with Crippen molar-refractivity contribution in [2.45, 2.75) is 37.1 Å². The molecule has 1 fully saturated rings. The predicted molar refractivity (Wildman–Crippen MR) is 80.1 cm³/mol. The number of hydrogen-bond donors (Lipinski definition) is 1. The number of alkyl halides is 1. The van der Waals surface area contributed by atoms with Gasteiger partial charge in [0.1, 0.15) is 12.7 Å². The summed E-state index contributed by atoms with van der Waals surface area (Å²) in [6.45, 7) is 2.41. The molecule has 2 heterocycles. The van der Waals surface area contributed by atoms with Gasteiger partial charge in [-0.05, 0) is 0 Å². The van der Waals surface area contributed by atoms with Crippen LogP contribution in [0.1, 0.15) is 20.1 Å². The van der Waals surface area contributed by atoms with E-state index in [1.165, 1.54) is 20.0 Å². The molecule has 4 atom stereocenters. The molecule has 1 aliphatic rings. The first-order valence-electron chi connectivity index (χ1n) is 6.71. The highest BCUT2D eigenvalue weighted by Crippen LogP contribution is 2.35. The zero-order valence-electron chi connectivity index (χ0n) is 12.4. The molecule has 2 rings (SSSR count). The van der Waals surface area contributed by atoms with E-state index in [4.69, 9.17) is 14.2 Å². The molecule has 9 nitrogen and oxygen atoms in total. The summed E-state index contributed by atoms with van der Waals surface area (Å²) in [6.07, 6.45) is -1.19. The minimum atomic E-state index is -0.965. The first kappa shape index (κ1) is 17.4. The fourth-order valence-electron chi connectivity index (χ4n) is 2.20. The molecular formula is C13H15BrN2O7. The molecule has 0 bridgehead atoms. The Kier molecular flexibility index (Phi) is 5.37. The number of nitrogens with zero attached hydrogens (tertiary/aromatic N) is 1. The molecule has 0 saturated carbocycles. The molecule has 0 spiro atoms. The molecular weight excluding hydrogens is 376 g/mol. The van der Waals surface area contributed by atoms with Crippen molar-refractivity contribution in [3.63, 3.8) is 0 Å². The van der Waals surface area contributed by atoms with Gasteiger partial charge >= 0.3 is 17.6 Å². The zero-order chi connectivity index (χ0) is 17.1. The third kappa shape index (κ3) is 4.08. The summed E-state index contributed by atoms with van der Waals surface area (Å²) in [5.41, 5.74) is -1.26. The van der Waals surface area contributed by atoms with E-state index in [9.17, 15) is 19.2 Å². The van der Waals surface area contributed by atoms with Crippen molar-refractivity contribution in [2.24, 2.45) is 0 Å². The fraction of sp³-hybridized carbons (Fsp3) is 0.538. The van der Waals surface area contributed by atoms with E-state index in [2.05, 4.69) is 20.9 Å². The van der Waals surface area contributed by atoms with Gasteiger partial charge in [-0.2, -0.15) is 0 Å². The standard InChI is InChI=1S/C13H15BrN2O7/c1-6(17)21-5-8-10(14)11(22-7(2)18)12(23-8)16-4-3-9(19)15-13(16)20/h3-4,8,10-12H,5H2,1-2H3,(H,15,19,20)/t8-,10+,11-,12-/m0/s1. The van der Waals surface area contributed by atoms with Crippen LogP contribution in [0.3, 0.4) is 0 Å². The SMILES string of the molecule is CC(=O)OC[C@@H]1O[C@H](n2ccc(=O)[nH]c2=O)[C@@H](OC(C)=O)[C@@H]1Br. The Bertz CT molecular complexity index is 713. The second-order valence-electron chi connectivity index (χ2n) is 4.90. The van der Waals surface area contributed by atoms with Gasteiger partial charge in [-0.15, -0.1) is 0 Å². The lowest BCUT2D eigenvalue weighted by Gasteiger charge is -2.21. The van der Waals surface area contributed by atoms with Crippen LogP contribution in [0.2, 0.25) is 0 Å². The summed E-state index contributed by atoms with van der Waals surface area (Å²) in [5, 5.41) is 0. The molecule has 0 aromatic carbocycles. The van der Waals surface area contributed by atoms with Crippen LogP contribution < -0.4 is 11.2 Å². The number of H-pyrrole nitrogens is 1. The fourth-order valence-corrected chi connectivity index (χ4v) is 2.84. The molecule has 10 heteroatoms. The maximum atomic E-state index is 11.9. The third-order valence-electron chi connectivity index (χ3n) is 3.14. The molecule has 1 N–H and O–H groups in total. The Balaban J connectivity index is 2.30. The molecule has 0 amide bonds. The Morgan fingerprint density at radius 1 is 1.35 bits per heavy atom. The summed E-state index contributed by atoms with van der Waals surface area (Å²) >= 11 is 3.35. The van der Waals surface area contributed by atoms with Crippen LogP contribution in [-0.2, 0) is 23.8 Å². The van der Waals surface area contributed by atoms with Gasteiger partial charge in [0.2, 0.25) is 0 Å². The van der Waals surface area contributed by atoms with Gasteiger partial charge in [0.15, 0.2) is 12.3 Å². The zero-order valence-corrected chi connectivity index (χ0v) is 13.9. The average molecular weight is 391 g/mol. The van der Waals surface area contributed by atoms with Crippen LogP contribution in [0.5, 0.6) is 0 Å². The maximum Gasteiger partial charge on any atom is 0.330 e. The van der Waals surface area contributed by atoms with E-state index >= 15 is 0 Å². The van der Waals surface area contributed by atoms with E-state index in [0.717, 1.165) is 10.6 Å². The first-order chi connectivity index (χ1) is 10.8. The normalized spacial score (nSPS) is 26.7. The molecule has 23 heavy (non-hydrogen) atoms. The third-order valence-corrected chi connectivity index (χ3v) is 4.25. The Morgan fingerprint density at radius 3 is 2.61 bits per heavy atom.